The van der Waals surface area contributed by atoms with Gasteiger partial charge < -0.3 is 0 Å². The number of nitrogens with one attached hydrogen (secondary N) is 1. The lowest BCUT2D eigenvalue weighted by Crippen LogP contribution is -2.55. The Kier molecular flexibility index (Phi) is 7.33. The molecule has 1 aliphatic rings. The third-order valence-corrected chi connectivity index (χ3v) is 8.47. The van der Waals surface area contributed by atoms with Gasteiger partial charge in [0.05, 0.1) is 21.1 Å². The molecule has 0 saturated carbocycles. The maximum absolute atomic E-state index is 13.5. The van der Waals surface area contributed by atoms with Gasteiger partial charge in [-0.3, -0.25) is 4.79 Å². The van der Waals surface area contributed by atoms with Crippen molar-refractivity contribution >= 4 is 50.8 Å². The molecule has 10 heteroatoms. The second-order valence-electron chi connectivity index (χ2n) is 8.09. The number of Topliss-reactive ketones (excluding diaryl/α,β-unsaturated/α-hetero) is 1. The van der Waals surface area contributed by atoms with Crippen LogP contribution in [0.1, 0.15) is 23.6 Å². The summed E-state index contributed by atoms with van der Waals surface area (Å²) in [5.74, 6) is -0.887. The van der Waals surface area contributed by atoms with Gasteiger partial charge in [-0.05, 0) is 59.0 Å². The number of halogens is 4. The predicted molar refractivity (Wildman–Crippen MR) is 133 cm³/mol. The molecule has 0 aromatic heterocycles. The molecule has 178 valence electrons. The van der Waals surface area contributed by atoms with Gasteiger partial charge in [0.2, 0.25) is 0 Å². The Bertz CT molecular complexity index is 1370. The minimum atomic E-state index is -3.91. The molecule has 1 N–H and O–H groups in total. The summed E-state index contributed by atoms with van der Waals surface area (Å²) in [5.41, 5.74) is 2.88. The van der Waals surface area contributed by atoms with E-state index in [-0.39, 0.29) is 23.6 Å². The van der Waals surface area contributed by atoms with Gasteiger partial charge >= 0.3 is 0 Å². The first kappa shape index (κ1) is 25.1. The van der Waals surface area contributed by atoms with Crippen LogP contribution in [0.25, 0.3) is 11.1 Å². The highest BCUT2D eigenvalue weighted by molar-refractivity contribution is 7.87. The summed E-state index contributed by atoms with van der Waals surface area (Å²) in [6.45, 7) is 0. The number of rotatable bonds is 5. The number of nitrogens with zero attached hydrogens (tertiary/aromatic N) is 1. The van der Waals surface area contributed by atoms with E-state index in [1.54, 1.807) is 18.2 Å². The standard InChI is InChI=1S/C24H20Cl3FN2O3S/c1-30-23(24(31)10-14-5-8-21(28)20(27)9-14)13-22(29-34(30,32)33)17-4-2-3-15(11-17)16-6-7-18(25)19(26)12-16/h2-9,11-12,22-23,29H,10,13H2,1H3. The number of ketones is 1. The third-order valence-electron chi connectivity index (χ3n) is 5.84. The summed E-state index contributed by atoms with van der Waals surface area (Å²) in [5, 5.41) is 0.762. The lowest BCUT2D eigenvalue weighted by molar-refractivity contribution is -0.122. The number of carbonyl (C=O) groups is 1. The lowest BCUT2D eigenvalue weighted by Gasteiger charge is -2.36. The molecule has 3 aromatic rings. The molecule has 0 radical (unpaired) electrons. The number of benzene rings is 3. The van der Waals surface area contributed by atoms with E-state index in [1.807, 2.05) is 24.3 Å². The van der Waals surface area contributed by atoms with Gasteiger partial charge in [0.1, 0.15) is 5.82 Å². The maximum Gasteiger partial charge on any atom is 0.280 e. The first-order chi connectivity index (χ1) is 16.0. The molecule has 4 rings (SSSR count). The molecule has 1 heterocycles. The summed E-state index contributed by atoms with van der Waals surface area (Å²) >= 11 is 18.0. The Labute approximate surface area is 212 Å². The van der Waals surface area contributed by atoms with Crippen molar-refractivity contribution in [1.82, 2.24) is 9.03 Å². The van der Waals surface area contributed by atoms with Crippen molar-refractivity contribution in [3.8, 4) is 11.1 Å². The second kappa shape index (κ2) is 9.93. The smallest absolute Gasteiger partial charge is 0.280 e. The second-order valence-corrected chi connectivity index (χ2v) is 11.1. The van der Waals surface area contributed by atoms with Crippen LogP contribution >= 0.6 is 34.8 Å². The molecule has 0 bridgehead atoms. The monoisotopic (exact) mass is 540 g/mol. The normalized spacial score (nSPS) is 20.3. The quantitative estimate of drug-likeness (QED) is 0.441. The van der Waals surface area contributed by atoms with Crippen LogP contribution in [0.15, 0.2) is 60.7 Å². The lowest BCUT2D eigenvalue weighted by atomic mass is 9.93. The zero-order valence-corrected chi connectivity index (χ0v) is 21.0. The largest absolute Gasteiger partial charge is 0.298 e. The fourth-order valence-corrected chi connectivity index (χ4v) is 5.77. The van der Waals surface area contributed by atoms with Crippen molar-refractivity contribution in [2.45, 2.75) is 24.9 Å². The highest BCUT2D eigenvalue weighted by atomic mass is 35.5. The van der Waals surface area contributed by atoms with Gasteiger partial charge in [0, 0.05) is 19.5 Å². The zero-order valence-electron chi connectivity index (χ0n) is 17.9. The van der Waals surface area contributed by atoms with E-state index in [4.69, 9.17) is 34.8 Å². The van der Waals surface area contributed by atoms with Crippen LogP contribution in [0.5, 0.6) is 0 Å². The van der Waals surface area contributed by atoms with Gasteiger partial charge in [0.25, 0.3) is 10.2 Å². The van der Waals surface area contributed by atoms with E-state index in [0.29, 0.717) is 21.2 Å². The Morgan fingerprint density at radius 3 is 2.44 bits per heavy atom. The summed E-state index contributed by atoms with van der Waals surface area (Å²) < 4.78 is 42.8. The van der Waals surface area contributed by atoms with Gasteiger partial charge in [0.15, 0.2) is 5.78 Å². The Morgan fingerprint density at radius 2 is 1.74 bits per heavy atom. The topological polar surface area (TPSA) is 66.5 Å². The Morgan fingerprint density at radius 1 is 1.00 bits per heavy atom. The predicted octanol–water partition coefficient (Wildman–Crippen LogP) is 5.84. The number of likely N-dealkylation sites (N-methyl/N-ethyl adjacent to an activating group) is 1. The van der Waals surface area contributed by atoms with Gasteiger partial charge in [-0.15, -0.1) is 0 Å². The molecule has 1 aliphatic heterocycles. The van der Waals surface area contributed by atoms with Crippen molar-refractivity contribution in [3.05, 3.63) is 92.7 Å². The fourth-order valence-electron chi connectivity index (χ4n) is 3.97. The van der Waals surface area contributed by atoms with Crippen molar-refractivity contribution in [2.24, 2.45) is 0 Å². The van der Waals surface area contributed by atoms with E-state index in [2.05, 4.69) is 4.72 Å². The van der Waals surface area contributed by atoms with E-state index >= 15 is 0 Å². The van der Waals surface area contributed by atoms with E-state index in [1.165, 1.54) is 25.2 Å². The molecule has 1 fully saturated rings. The first-order valence-electron chi connectivity index (χ1n) is 10.3. The molecule has 3 aromatic carbocycles. The zero-order chi connectivity index (χ0) is 24.6. The molecule has 1 saturated heterocycles. The van der Waals surface area contributed by atoms with Crippen molar-refractivity contribution in [1.29, 1.82) is 0 Å². The van der Waals surface area contributed by atoms with E-state index in [9.17, 15) is 17.6 Å². The molecular formula is C24H20Cl3FN2O3S. The summed E-state index contributed by atoms with van der Waals surface area (Å²) in [6, 6.07) is 15.1. The highest BCUT2D eigenvalue weighted by Crippen LogP contribution is 2.33. The molecule has 0 amide bonds. The number of hydrogen-bond acceptors (Lipinski definition) is 3. The minimum Gasteiger partial charge on any atom is -0.298 e. The van der Waals surface area contributed by atoms with Gasteiger partial charge in [-0.1, -0.05) is 65.1 Å². The summed E-state index contributed by atoms with van der Waals surface area (Å²) in [6.07, 6.45) is 0.162. The van der Waals surface area contributed by atoms with Crippen LogP contribution in [0.3, 0.4) is 0 Å². The molecular weight excluding hydrogens is 522 g/mol. The summed E-state index contributed by atoms with van der Waals surface area (Å²) in [4.78, 5) is 13.1. The fraction of sp³-hybridized carbons (Fsp3) is 0.208. The average Bonchev–Trinajstić information content (AvgIpc) is 2.79. The van der Waals surface area contributed by atoms with E-state index < -0.39 is 28.1 Å². The SMILES string of the molecule is CN1C(C(=O)Cc2ccc(F)c(Cl)c2)CC(c2cccc(-c3ccc(Cl)c(Cl)c3)c2)NS1(=O)=O. The summed E-state index contributed by atoms with van der Waals surface area (Å²) in [7, 11) is -2.55. The van der Waals surface area contributed by atoms with Crippen LogP contribution in [0.2, 0.25) is 15.1 Å². The van der Waals surface area contributed by atoms with Crippen LogP contribution in [0.4, 0.5) is 4.39 Å². The van der Waals surface area contributed by atoms with Crippen molar-refractivity contribution in [3.63, 3.8) is 0 Å². The van der Waals surface area contributed by atoms with Crippen LogP contribution in [-0.2, 0) is 21.4 Å². The van der Waals surface area contributed by atoms with Gasteiger partial charge in [-0.25, -0.2) is 4.39 Å². The Hall–Kier alpha value is -2.00. The van der Waals surface area contributed by atoms with Crippen molar-refractivity contribution < 1.29 is 17.6 Å². The number of hydrogen-bond donors (Lipinski definition) is 1. The van der Waals surface area contributed by atoms with Crippen LogP contribution in [-0.4, -0.2) is 31.6 Å². The van der Waals surface area contributed by atoms with Gasteiger partial charge in [-0.2, -0.15) is 17.4 Å². The molecule has 2 unspecified atom stereocenters. The minimum absolute atomic E-state index is 0.0689. The molecule has 0 aliphatic carbocycles. The highest BCUT2D eigenvalue weighted by Gasteiger charge is 2.40. The Balaban J connectivity index is 1.61. The maximum atomic E-state index is 13.5. The van der Waals surface area contributed by atoms with E-state index in [0.717, 1.165) is 15.4 Å². The molecule has 5 nitrogen and oxygen atoms in total. The molecule has 2 atom stereocenters. The van der Waals surface area contributed by atoms with Crippen LogP contribution in [0, 0.1) is 5.82 Å². The molecule has 34 heavy (non-hydrogen) atoms. The van der Waals surface area contributed by atoms with Crippen molar-refractivity contribution in [2.75, 3.05) is 7.05 Å². The number of carbonyl (C=O) groups excluding carboxylic acids is 1. The first-order valence-corrected chi connectivity index (χ1v) is 12.9. The average molecular weight is 542 g/mol. The van der Waals surface area contributed by atoms with Crippen LogP contribution < -0.4 is 4.72 Å². The molecule has 0 spiro atoms. The third kappa shape index (κ3) is 5.30.